The van der Waals surface area contributed by atoms with E-state index in [1.54, 1.807) is 0 Å². The van der Waals surface area contributed by atoms with Crippen molar-refractivity contribution < 1.29 is 0 Å². The lowest BCUT2D eigenvalue weighted by molar-refractivity contribution is 0.390. The Kier molecular flexibility index (Phi) is 4.39. The summed E-state index contributed by atoms with van der Waals surface area (Å²) in [6.45, 7) is 2.42. The van der Waals surface area contributed by atoms with Crippen LogP contribution in [0.15, 0.2) is 0 Å². The number of rotatable bonds is 2. The van der Waals surface area contributed by atoms with Crippen LogP contribution in [-0.2, 0) is 0 Å². The standard InChI is InChI=1S/C13H25NS/c1-10-3-2-4-13(9-10)15-12-7-5-11(14)6-8-12/h10-13H,2-9,14H2,1H3. The Bertz CT molecular complexity index is 187. The van der Waals surface area contributed by atoms with E-state index in [9.17, 15) is 0 Å². The fourth-order valence-corrected chi connectivity index (χ4v) is 4.83. The first-order chi connectivity index (χ1) is 7.24. The van der Waals surface area contributed by atoms with Crippen LogP contribution in [0.5, 0.6) is 0 Å². The molecule has 0 radical (unpaired) electrons. The van der Waals surface area contributed by atoms with Crippen molar-refractivity contribution >= 4 is 11.8 Å². The summed E-state index contributed by atoms with van der Waals surface area (Å²) in [6, 6.07) is 0.507. The normalized spacial score (nSPS) is 42.8. The third-order valence-corrected chi connectivity index (χ3v) is 5.66. The minimum absolute atomic E-state index is 0.507. The predicted molar refractivity (Wildman–Crippen MR) is 69.2 cm³/mol. The lowest BCUT2D eigenvalue weighted by atomic mass is 9.90. The Balaban J connectivity index is 1.71. The third-order valence-electron chi connectivity index (χ3n) is 3.99. The van der Waals surface area contributed by atoms with Crippen molar-refractivity contribution in [1.29, 1.82) is 0 Å². The second-order valence-corrected chi connectivity index (χ2v) is 7.17. The average molecular weight is 227 g/mol. The van der Waals surface area contributed by atoms with Gasteiger partial charge in [-0.2, -0.15) is 11.8 Å². The molecule has 2 saturated carbocycles. The molecule has 0 heterocycles. The maximum Gasteiger partial charge on any atom is 0.00523 e. The molecule has 2 rings (SSSR count). The molecule has 0 aromatic rings. The van der Waals surface area contributed by atoms with Crippen LogP contribution in [0.4, 0.5) is 0 Å². The lowest BCUT2D eigenvalue weighted by Crippen LogP contribution is -2.29. The highest BCUT2D eigenvalue weighted by Gasteiger charge is 2.25. The highest BCUT2D eigenvalue weighted by Crippen LogP contribution is 2.38. The molecule has 2 atom stereocenters. The van der Waals surface area contributed by atoms with Gasteiger partial charge >= 0.3 is 0 Å². The van der Waals surface area contributed by atoms with Crippen molar-refractivity contribution in [2.75, 3.05) is 0 Å². The first-order valence-electron chi connectivity index (χ1n) is 6.65. The van der Waals surface area contributed by atoms with E-state index in [4.69, 9.17) is 5.73 Å². The molecule has 0 aliphatic heterocycles. The Labute approximate surface area is 98.6 Å². The predicted octanol–water partition coefficient (Wildman–Crippen LogP) is 3.57. The molecule has 1 nitrogen and oxygen atoms in total. The molecule has 2 heteroatoms. The number of hydrogen-bond acceptors (Lipinski definition) is 2. The van der Waals surface area contributed by atoms with E-state index < -0.39 is 0 Å². The summed E-state index contributed by atoms with van der Waals surface area (Å²) >= 11 is 2.29. The molecule has 2 unspecified atom stereocenters. The average Bonchev–Trinajstić information content (AvgIpc) is 2.22. The van der Waals surface area contributed by atoms with Gasteiger partial charge in [0.25, 0.3) is 0 Å². The van der Waals surface area contributed by atoms with Gasteiger partial charge in [0, 0.05) is 16.5 Å². The van der Waals surface area contributed by atoms with Crippen molar-refractivity contribution in [1.82, 2.24) is 0 Å². The number of thioether (sulfide) groups is 1. The first-order valence-corrected chi connectivity index (χ1v) is 7.59. The smallest absolute Gasteiger partial charge is 0.00523 e. The second kappa shape index (κ2) is 5.58. The fourth-order valence-electron chi connectivity index (χ4n) is 3.00. The van der Waals surface area contributed by atoms with Crippen molar-refractivity contribution in [3.05, 3.63) is 0 Å². The van der Waals surface area contributed by atoms with Gasteiger partial charge in [-0.15, -0.1) is 0 Å². The van der Waals surface area contributed by atoms with E-state index in [0.29, 0.717) is 6.04 Å². The van der Waals surface area contributed by atoms with E-state index in [-0.39, 0.29) is 0 Å². The minimum atomic E-state index is 0.507. The van der Waals surface area contributed by atoms with Crippen molar-refractivity contribution in [3.8, 4) is 0 Å². The van der Waals surface area contributed by atoms with Crippen molar-refractivity contribution in [2.24, 2.45) is 11.7 Å². The van der Waals surface area contributed by atoms with Crippen molar-refractivity contribution in [2.45, 2.75) is 74.8 Å². The zero-order valence-electron chi connectivity index (χ0n) is 9.95. The van der Waals surface area contributed by atoms with Crippen LogP contribution in [0.2, 0.25) is 0 Å². The monoisotopic (exact) mass is 227 g/mol. The molecule has 0 aromatic heterocycles. The van der Waals surface area contributed by atoms with Gasteiger partial charge in [-0.1, -0.05) is 19.8 Å². The summed E-state index contributed by atoms with van der Waals surface area (Å²) in [4.78, 5) is 0. The maximum atomic E-state index is 5.94. The van der Waals surface area contributed by atoms with Gasteiger partial charge < -0.3 is 5.73 Å². The van der Waals surface area contributed by atoms with Crippen LogP contribution in [0.25, 0.3) is 0 Å². The largest absolute Gasteiger partial charge is 0.328 e. The van der Waals surface area contributed by atoms with Gasteiger partial charge in [-0.05, 0) is 44.4 Å². The maximum absolute atomic E-state index is 5.94. The molecule has 88 valence electrons. The topological polar surface area (TPSA) is 26.0 Å². The van der Waals surface area contributed by atoms with Gasteiger partial charge in [0.15, 0.2) is 0 Å². The third kappa shape index (κ3) is 3.67. The summed E-state index contributed by atoms with van der Waals surface area (Å²) in [5.74, 6) is 0.974. The van der Waals surface area contributed by atoms with E-state index in [1.165, 1.54) is 51.4 Å². The van der Waals surface area contributed by atoms with Gasteiger partial charge in [-0.3, -0.25) is 0 Å². The Morgan fingerprint density at radius 2 is 1.67 bits per heavy atom. The minimum Gasteiger partial charge on any atom is -0.328 e. The van der Waals surface area contributed by atoms with Crippen molar-refractivity contribution in [3.63, 3.8) is 0 Å². The molecule has 0 spiro atoms. The highest BCUT2D eigenvalue weighted by atomic mass is 32.2. The van der Waals surface area contributed by atoms with Gasteiger partial charge in [0.1, 0.15) is 0 Å². The summed E-state index contributed by atoms with van der Waals surface area (Å²) in [5, 5.41) is 1.90. The zero-order chi connectivity index (χ0) is 10.7. The summed E-state index contributed by atoms with van der Waals surface area (Å²) in [5.41, 5.74) is 5.94. The molecule has 2 fully saturated rings. The molecule has 0 amide bonds. The Morgan fingerprint density at radius 3 is 2.33 bits per heavy atom. The number of nitrogens with two attached hydrogens (primary N) is 1. The molecule has 15 heavy (non-hydrogen) atoms. The van der Waals surface area contributed by atoms with E-state index in [0.717, 1.165) is 16.4 Å². The van der Waals surface area contributed by atoms with Gasteiger partial charge in [-0.25, -0.2) is 0 Å². The SMILES string of the molecule is CC1CCCC(SC2CCC(N)CC2)C1. The Hall–Kier alpha value is 0.310. The van der Waals surface area contributed by atoms with Gasteiger partial charge in [0.2, 0.25) is 0 Å². The van der Waals surface area contributed by atoms with Crippen LogP contribution in [0.1, 0.15) is 58.3 Å². The number of hydrogen-bond donors (Lipinski definition) is 1. The molecule has 2 aliphatic carbocycles. The molecular formula is C13H25NS. The molecule has 2 N–H and O–H groups in total. The molecule has 2 aliphatic rings. The Morgan fingerprint density at radius 1 is 0.933 bits per heavy atom. The summed E-state index contributed by atoms with van der Waals surface area (Å²) in [6.07, 6.45) is 11.1. The molecular weight excluding hydrogens is 202 g/mol. The molecule has 0 bridgehead atoms. The summed E-state index contributed by atoms with van der Waals surface area (Å²) < 4.78 is 0. The first kappa shape index (κ1) is 11.8. The van der Waals surface area contributed by atoms with Gasteiger partial charge in [0.05, 0.1) is 0 Å². The zero-order valence-corrected chi connectivity index (χ0v) is 10.8. The van der Waals surface area contributed by atoms with E-state index in [2.05, 4.69) is 18.7 Å². The highest BCUT2D eigenvalue weighted by molar-refractivity contribution is 8.00. The van der Waals surface area contributed by atoms with Crippen LogP contribution >= 0.6 is 11.8 Å². The van der Waals surface area contributed by atoms with E-state index in [1.807, 2.05) is 0 Å². The lowest BCUT2D eigenvalue weighted by Gasteiger charge is -2.32. The van der Waals surface area contributed by atoms with Crippen LogP contribution in [0, 0.1) is 5.92 Å². The summed E-state index contributed by atoms with van der Waals surface area (Å²) in [7, 11) is 0. The molecule has 0 saturated heterocycles. The van der Waals surface area contributed by atoms with E-state index >= 15 is 0 Å². The van der Waals surface area contributed by atoms with Crippen LogP contribution in [0.3, 0.4) is 0 Å². The van der Waals surface area contributed by atoms with Crippen LogP contribution in [-0.4, -0.2) is 16.5 Å². The molecule has 0 aromatic carbocycles. The quantitative estimate of drug-likeness (QED) is 0.780. The second-order valence-electron chi connectivity index (χ2n) is 5.57. The fraction of sp³-hybridized carbons (Fsp3) is 1.00. The van der Waals surface area contributed by atoms with Crippen LogP contribution < -0.4 is 5.73 Å².